The number of rotatable bonds is 5. The lowest BCUT2D eigenvalue weighted by Gasteiger charge is -2.13. The van der Waals surface area contributed by atoms with E-state index in [-0.39, 0.29) is 23.5 Å². The molecule has 1 aliphatic heterocycles. The molecule has 0 spiro atoms. The molecule has 5 nitrogen and oxygen atoms in total. The number of amides is 2. The van der Waals surface area contributed by atoms with Crippen molar-refractivity contribution in [2.45, 2.75) is 24.7 Å². The van der Waals surface area contributed by atoms with Crippen molar-refractivity contribution in [3.8, 4) is 0 Å². The number of carbonyl (C=O) groups is 3. The Bertz CT molecular complexity index is 558. The van der Waals surface area contributed by atoms with Gasteiger partial charge in [0.1, 0.15) is 0 Å². The molecular formula is C15H17NO4S. The Hall–Kier alpha value is -1.82. The van der Waals surface area contributed by atoms with Gasteiger partial charge in [0.15, 0.2) is 0 Å². The van der Waals surface area contributed by atoms with Crippen LogP contribution < -0.4 is 0 Å². The zero-order chi connectivity index (χ0) is 15.2. The van der Waals surface area contributed by atoms with Crippen molar-refractivity contribution >= 4 is 29.5 Å². The molecule has 2 amide bonds. The van der Waals surface area contributed by atoms with Crippen LogP contribution in [0.25, 0.3) is 0 Å². The van der Waals surface area contributed by atoms with Gasteiger partial charge in [0, 0.05) is 17.9 Å². The fourth-order valence-electron chi connectivity index (χ4n) is 2.06. The van der Waals surface area contributed by atoms with E-state index in [2.05, 4.69) is 0 Å². The van der Waals surface area contributed by atoms with Crippen LogP contribution in [-0.2, 0) is 14.3 Å². The van der Waals surface area contributed by atoms with Crippen LogP contribution in [0.1, 0.15) is 30.1 Å². The van der Waals surface area contributed by atoms with Crippen molar-refractivity contribution in [3.63, 3.8) is 0 Å². The first-order chi connectivity index (χ1) is 10.1. The van der Waals surface area contributed by atoms with Gasteiger partial charge in [-0.1, -0.05) is 6.07 Å². The maximum Gasteiger partial charge on any atom is 0.338 e. The summed E-state index contributed by atoms with van der Waals surface area (Å²) in [4.78, 5) is 37.2. The quantitative estimate of drug-likeness (QED) is 0.616. The van der Waals surface area contributed by atoms with Gasteiger partial charge in [-0.25, -0.2) is 4.79 Å². The van der Waals surface area contributed by atoms with Crippen molar-refractivity contribution in [1.29, 1.82) is 0 Å². The van der Waals surface area contributed by atoms with Crippen LogP contribution in [0.15, 0.2) is 29.2 Å². The molecule has 6 heteroatoms. The van der Waals surface area contributed by atoms with Crippen LogP contribution in [0.3, 0.4) is 0 Å². The third-order valence-corrected chi connectivity index (χ3v) is 4.06. The number of carbonyl (C=O) groups excluding carboxylic acids is 3. The fraction of sp³-hybridized carbons (Fsp3) is 0.400. The molecule has 0 atom stereocenters. The molecule has 1 aromatic rings. The second-order valence-corrected chi connectivity index (χ2v) is 5.63. The predicted octanol–water partition coefficient (Wildman–Crippen LogP) is 2.10. The van der Waals surface area contributed by atoms with Crippen LogP contribution in [0.5, 0.6) is 0 Å². The molecule has 1 fully saturated rings. The Kier molecular flexibility index (Phi) is 5.38. The molecule has 0 unspecified atom stereocenters. The van der Waals surface area contributed by atoms with E-state index in [1.54, 1.807) is 25.1 Å². The zero-order valence-electron chi connectivity index (χ0n) is 11.8. The summed E-state index contributed by atoms with van der Waals surface area (Å²) < 4.78 is 4.94. The third kappa shape index (κ3) is 4.07. The van der Waals surface area contributed by atoms with Crippen molar-refractivity contribution < 1.29 is 19.1 Å². The highest BCUT2D eigenvalue weighted by molar-refractivity contribution is 8.00. The average molecular weight is 307 g/mol. The van der Waals surface area contributed by atoms with E-state index in [0.29, 0.717) is 25.1 Å². The Balaban J connectivity index is 1.94. The molecule has 1 aromatic carbocycles. The Morgan fingerprint density at radius 2 is 2.19 bits per heavy atom. The normalized spacial score (nSPS) is 14.3. The first kappa shape index (κ1) is 15.6. The molecular weight excluding hydrogens is 290 g/mol. The first-order valence-corrected chi connectivity index (χ1v) is 7.83. The number of likely N-dealkylation sites (tertiary alicyclic amines) is 1. The highest BCUT2D eigenvalue weighted by Gasteiger charge is 2.26. The van der Waals surface area contributed by atoms with Gasteiger partial charge >= 0.3 is 5.97 Å². The SMILES string of the molecule is CCOC(=O)c1cccc(SCC(=O)N2CCCC2=O)c1. The van der Waals surface area contributed by atoms with Gasteiger partial charge in [-0.3, -0.25) is 14.5 Å². The van der Waals surface area contributed by atoms with E-state index < -0.39 is 0 Å². The van der Waals surface area contributed by atoms with Crippen LogP contribution >= 0.6 is 11.8 Å². The molecule has 2 rings (SSSR count). The van der Waals surface area contributed by atoms with Crippen LogP contribution in [0.2, 0.25) is 0 Å². The van der Waals surface area contributed by atoms with Gasteiger partial charge < -0.3 is 4.74 Å². The van der Waals surface area contributed by atoms with E-state index in [1.165, 1.54) is 16.7 Å². The molecule has 0 aromatic heterocycles. The van der Waals surface area contributed by atoms with Gasteiger partial charge in [0.25, 0.3) is 0 Å². The topological polar surface area (TPSA) is 63.7 Å². The molecule has 1 saturated heterocycles. The molecule has 0 aliphatic carbocycles. The summed E-state index contributed by atoms with van der Waals surface area (Å²) >= 11 is 1.32. The lowest BCUT2D eigenvalue weighted by molar-refractivity contribution is -0.140. The van der Waals surface area contributed by atoms with Gasteiger partial charge in [0.05, 0.1) is 17.9 Å². The highest BCUT2D eigenvalue weighted by atomic mass is 32.2. The molecule has 0 N–H and O–H groups in total. The summed E-state index contributed by atoms with van der Waals surface area (Å²) in [5, 5.41) is 0. The summed E-state index contributed by atoms with van der Waals surface area (Å²) in [6, 6.07) is 6.95. The number of hydrogen-bond donors (Lipinski definition) is 0. The van der Waals surface area contributed by atoms with Gasteiger partial charge in [-0.2, -0.15) is 0 Å². The number of ether oxygens (including phenoxy) is 1. The van der Waals surface area contributed by atoms with E-state index in [4.69, 9.17) is 4.74 Å². The van der Waals surface area contributed by atoms with Gasteiger partial charge in [-0.05, 0) is 31.5 Å². The molecule has 0 bridgehead atoms. The maximum absolute atomic E-state index is 11.9. The van der Waals surface area contributed by atoms with Crippen LogP contribution in [0.4, 0.5) is 0 Å². The maximum atomic E-state index is 11.9. The molecule has 0 saturated carbocycles. The number of imide groups is 1. The standard InChI is InChI=1S/C15H17NO4S/c1-2-20-15(19)11-5-3-6-12(9-11)21-10-14(18)16-8-4-7-13(16)17/h3,5-6,9H,2,4,7-8,10H2,1H3. The number of benzene rings is 1. The molecule has 21 heavy (non-hydrogen) atoms. The van der Waals surface area contributed by atoms with Crippen molar-refractivity contribution in [2.75, 3.05) is 18.9 Å². The number of esters is 1. The number of nitrogens with zero attached hydrogens (tertiary/aromatic N) is 1. The molecule has 0 radical (unpaired) electrons. The van der Waals surface area contributed by atoms with Crippen molar-refractivity contribution in [1.82, 2.24) is 4.90 Å². The Morgan fingerprint density at radius 1 is 1.38 bits per heavy atom. The smallest absolute Gasteiger partial charge is 0.338 e. The van der Waals surface area contributed by atoms with E-state index in [1.807, 2.05) is 6.07 Å². The second kappa shape index (κ2) is 7.26. The van der Waals surface area contributed by atoms with E-state index >= 15 is 0 Å². The highest BCUT2D eigenvalue weighted by Crippen LogP contribution is 2.21. The van der Waals surface area contributed by atoms with Crippen LogP contribution in [0, 0.1) is 0 Å². The van der Waals surface area contributed by atoms with Crippen molar-refractivity contribution in [2.24, 2.45) is 0 Å². The summed E-state index contributed by atoms with van der Waals surface area (Å²) in [5.41, 5.74) is 0.464. The monoisotopic (exact) mass is 307 g/mol. The molecule has 1 heterocycles. The van der Waals surface area contributed by atoms with Crippen LogP contribution in [-0.4, -0.2) is 41.6 Å². The first-order valence-electron chi connectivity index (χ1n) is 6.85. The lowest BCUT2D eigenvalue weighted by Crippen LogP contribution is -2.33. The summed E-state index contributed by atoms with van der Waals surface area (Å²) in [7, 11) is 0. The average Bonchev–Trinajstić information content (AvgIpc) is 2.91. The summed E-state index contributed by atoms with van der Waals surface area (Å²) in [5.74, 6) is -0.455. The summed E-state index contributed by atoms with van der Waals surface area (Å²) in [6.07, 6.45) is 1.20. The van der Waals surface area contributed by atoms with Crippen molar-refractivity contribution in [3.05, 3.63) is 29.8 Å². The van der Waals surface area contributed by atoms with E-state index in [0.717, 1.165) is 11.3 Å². The second-order valence-electron chi connectivity index (χ2n) is 4.58. The fourth-order valence-corrected chi connectivity index (χ4v) is 2.89. The van der Waals surface area contributed by atoms with E-state index in [9.17, 15) is 14.4 Å². The summed E-state index contributed by atoms with van der Waals surface area (Å²) in [6.45, 7) is 2.59. The third-order valence-electron chi connectivity index (χ3n) is 3.08. The lowest BCUT2D eigenvalue weighted by atomic mass is 10.2. The largest absolute Gasteiger partial charge is 0.462 e. The predicted molar refractivity (Wildman–Crippen MR) is 79.1 cm³/mol. The number of hydrogen-bond acceptors (Lipinski definition) is 5. The minimum Gasteiger partial charge on any atom is -0.462 e. The molecule has 1 aliphatic rings. The van der Waals surface area contributed by atoms with Gasteiger partial charge in [0.2, 0.25) is 11.8 Å². The zero-order valence-corrected chi connectivity index (χ0v) is 12.6. The Morgan fingerprint density at radius 3 is 2.86 bits per heavy atom. The van der Waals surface area contributed by atoms with Gasteiger partial charge in [-0.15, -0.1) is 11.8 Å². The molecule has 112 valence electrons. The minimum absolute atomic E-state index is 0.0964. The number of thioether (sulfide) groups is 1. The Labute approximate surface area is 127 Å². The minimum atomic E-state index is -0.374.